The summed E-state index contributed by atoms with van der Waals surface area (Å²) < 4.78 is 5.26. The van der Waals surface area contributed by atoms with Crippen LogP contribution >= 0.6 is 0 Å². The van der Waals surface area contributed by atoms with Crippen molar-refractivity contribution in [3.05, 3.63) is 34.4 Å². The van der Waals surface area contributed by atoms with E-state index in [4.69, 9.17) is 4.74 Å². The Bertz CT molecular complexity index is 392. The van der Waals surface area contributed by atoms with Gasteiger partial charge in [0, 0.05) is 4.92 Å². The zero-order chi connectivity index (χ0) is 12.0. The second-order valence-corrected chi connectivity index (χ2v) is 2.97. The molecule has 0 saturated heterocycles. The highest BCUT2D eigenvalue weighted by Gasteiger charge is 2.11. The maximum atomic E-state index is 11.2. The molecular formula is C10H12N2O4. The van der Waals surface area contributed by atoms with Gasteiger partial charge in [-0.1, -0.05) is 12.1 Å². The van der Waals surface area contributed by atoms with Gasteiger partial charge in [0.1, 0.15) is 5.75 Å². The topological polar surface area (TPSA) is 81.5 Å². The maximum Gasteiger partial charge on any atom is 0.296 e. The molecule has 1 N–H and O–H groups in total. The van der Waals surface area contributed by atoms with E-state index in [9.17, 15) is 14.9 Å². The second-order valence-electron chi connectivity index (χ2n) is 2.97. The molecule has 1 rings (SSSR count). The molecule has 1 aromatic carbocycles. The van der Waals surface area contributed by atoms with Gasteiger partial charge in [-0.25, -0.2) is 0 Å². The van der Waals surface area contributed by atoms with Crippen molar-refractivity contribution in [2.75, 3.05) is 18.5 Å². The Hall–Kier alpha value is -2.11. The Balaban J connectivity index is 2.72. The molecule has 0 aliphatic rings. The monoisotopic (exact) mass is 224 g/mol. The summed E-state index contributed by atoms with van der Waals surface area (Å²) in [5, 5.41) is 12.5. The first kappa shape index (κ1) is 12.0. The van der Waals surface area contributed by atoms with Gasteiger partial charge in [0.05, 0.1) is 12.3 Å². The van der Waals surface area contributed by atoms with Crippen LogP contribution < -0.4 is 10.1 Å². The normalized spacial score (nSPS) is 9.56. The molecule has 0 fully saturated rings. The number of anilines is 1. The van der Waals surface area contributed by atoms with Gasteiger partial charge in [0.2, 0.25) is 0 Å². The van der Waals surface area contributed by atoms with Crippen molar-refractivity contribution >= 4 is 11.6 Å². The number of nitrogens with zero attached hydrogens (tertiary/aromatic N) is 1. The van der Waals surface area contributed by atoms with Crippen molar-refractivity contribution < 1.29 is 14.5 Å². The first-order valence-corrected chi connectivity index (χ1v) is 4.77. The Morgan fingerprint density at radius 3 is 2.81 bits per heavy atom. The van der Waals surface area contributed by atoms with Crippen LogP contribution in [0.4, 0.5) is 5.69 Å². The molecule has 6 heteroatoms. The van der Waals surface area contributed by atoms with E-state index in [1.165, 1.54) is 0 Å². The highest BCUT2D eigenvalue weighted by atomic mass is 16.6. The van der Waals surface area contributed by atoms with Gasteiger partial charge in [-0.15, -0.1) is 0 Å². The minimum Gasteiger partial charge on any atom is -0.492 e. The lowest BCUT2D eigenvalue weighted by Gasteiger charge is -2.09. The summed E-state index contributed by atoms with van der Waals surface area (Å²) >= 11 is 0. The standard InChI is InChI=1S/C10H12N2O4/c1-2-16-9-6-4-3-5-8(9)11-10(13)7-12(14)15/h3-6H,2,7H2,1H3,(H,11,13). The fraction of sp³-hybridized carbons (Fsp3) is 0.300. The average molecular weight is 224 g/mol. The average Bonchev–Trinajstić information content (AvgIpc) is 2.20. The van der Waals surface area contributed by atoms with Gasteiger partial charge < -0.3 is 10.1 Å². The minimum absolute atomic E-state index is 0.441. The minimum atomic E-state index is -0.750. The Kier molecular flexibility index (Phi) is 4.26. The Labute approximate surface area is 92.4 Å². The number of ether oxygens (including phenoxy) is 1. The quantitative estimate of drug-likeness (QED) is 0.603. The predicted molar refractivity (Wildman–Crippen MR) is 58.1 cm³/mol. The fourth-order valence-corrected chi connectivity index (χ4v) is 1.16. The maximum absolute atomic E-state index is 11.2. The zero-order valence-electron chi connectivity index (χ0n) is 8.80. The van der Waals surface area contributed by atoms with Crippen LogP contribution in [0.2, 0.25) is 0 Å². The van der Waals surface area contributed by atoms with Crippen molar-refractivity contribution in [1.29, 1.82) is 0 Å². The van der Waals surface area contributed by atoms with Crippen molar-refractivity contribution in [1.82, 2.24) is 0 Å². The number of hydrogen-bond donors (Lipinski definition) is 1. The van der Waals surface area contributed by atoms with E-state index in [0.717, 1.165) is 0 Å². The van der Waals surface area contributed by atoms with E-state index in [-0.39, 0.29) is 0 Å². The van der Waals surface area contributed by atoms with Crippen LogP contribution in [0.25, 0.3) is 0 Å². The number of carbonyl (C=O) groups excluding carboxylic acids is 1. The molecule has 1 amide bonds. The highest BCUT2D eigenvalue weighted by molar-refractivity contribution is 5.92. The molecule has 0 aliphatic heterocycles. The molecule has 16 heavy (non-hydrogen) atoms. The first-order valence-electron chi connectivity index (χ1n) is 4.77. The van der Waals surface area contributed by atoms with Gasteiger partial charge in [0.25, 0.3) is 12.5 Å². The second kappa shape index (κ2) is 5.69. The lowest BCUT2D eigenvalue weighted by molar-refractivity contribution is -0.467. The number of para-hydroxylation sites is 2. The van der Waals surface area contributed by atoms with Crippen LogP contribution in [0.3, 0.4) is 0 Å². The molecule has 0 unspecified atom stereocenters. The SMILES string of the molecule is CCOc1ccccc1NC(=O)C[N+](=O)[O-]. The number of hydrogen-bond acceptors (Lipinski definition) is 4. The van der Waals surface area contributed by atoms with Gasteiger partial charge in [-0.3, -0.25) is 14.9 Å². The van der Waals surface area contributed by atoms with Gasteiger partial charge in [0.15, 0.2) is 0 Å². The molecule has 0 saturated carbocycles. The number of nitro groups is 1. The molecule has 1 aromatic rings. The van der Waals surface area contributed by atoms with Crippen LogP contribution in [0.1, 0.15) is 6.92 Å². The Morgan fingerprint density at radius 1 is 1.50 bits per heavy atom. The summed E-state index contributed by atoms with van der Waals surface area (Å²) in [6.07, 6.45) is 0. The molecule has 0 radical (unpaired) electrons. The molecule has 0 heterocycles. The van der Waals surface area contributed by atoms with E-state index in [1.807, 2.05) is 6.92 Å². The van der Waals surface area contributed by atoms with Crippen LogP contribution in [0, 0.1) is 10.1 Å². The van der Waals surface area contributed by atoms with E-state index in [1.54, 1.807) is 24.3 Å². The predicted octanol–water partition coefficient (Wildman–Crippen LogP) is 1.30. The van der Waals surface area contributed by atoms with Gasteiger partial charge in [-0.05, 0) is 19.1 Å². The summed E-state index contributed by atoms with van der Waals surface area (Å²) in [5.41, 5.74) is 0.441. The summed E-state index contributed by atoms with van der Waals surface area (Å²) in [6, 6.07) is 6.78. The molecule has 86 valence electrons. The van der Waals surface area contributed by atoms with Crippen molar-refractivity contribution in [3.8, 4) is 5.75 Å². The molecule has 0 atom stereocenters. The van der Waals surface area contributed by atoms with E-state index in [0.29, 0.717) is 18.0 Å². The van der Waals surface area contributed by atoms with Crippen LogP contribution in [0.5, 0.6) is 5.75 Å². The summed E-state index contributed by atoms with van der Waals surface area (Å²) in [6.45, 7) is 1.53. The van der Waals surface area contributed by atoms with Crippen LogP contribution in [-0.4, -0.2) is 24.0 Å². The van der Waals surface area contributed by atoms with E-state index < -0.39 is 17.4 Å². The Morgan fingerprint density at radius 2 is 2.19 bits per heavy atom. The molecule has 0 bridgehead atoms. The lowest BCUT2D eigenvalue weighted by atomic mass is 10.3. The van der Waals surface area contributed by atoms with Crippen molar-refractivity contribution in [2.45, 2.75) is 6.92 Å². The van der Waals surface area contributed by atoms with Crippen molar-refractivity contribution in [2.24, 2.45) is 0 Å². The molecule has 0 aliphatic carbocycles. The summed E-state index contributed by atoms with van der Waals surface area (Å²) in [7, 11) is 0. The molecular weight excluding hydrogens is 212 g/mol. The largest absolute Gasteiger partial charge is 0.492 e. The molecule has 6 nitrogen and oxygen atoms in total. The highest BCUT2D eigenvalue weighted by Crippen LogP contribution is 2.23. The number of benzene rings is 1. The summed E-state index contributed by atoms with van der Waals surface area (Å²) in [5.74, 6) is -0.168. The zero-order valence-corrected chi connectivity index (χ0v) is 8.80. The third-order valence-corrected chi connectivity index (χ3v) is 1.73. The van der Waals surface area contributed by atoms with Crippen molar-refractivity contribution in [3.63, 3.8) is 0 Å². The first-order chi connectivity index (χ1) is 7.63. The number of rotatable bonds is 5. The van der Waals surface area contributed by atoms with Gasteiger partial charge in [-0.2, -0.15) is 0 Å². The molecule has 0 spiro atoms. The molecule has 0 aromatic heterocycles. The third-order valence-electron chi connectivity index (χ3n) is 1.73. The van der Waals surface area contributed by atoms with Crippen LogP contribution in [-0.2, 0) is 4.79 Å². The van der Waals surface area contributed by atoms with Gasteiger partial charge >= 0.3 is 0 Å². The van der Waals surface area contributed by atoms with E-state index in [2.05, 4.69) is 5.32 Å². The smallest absolute Gasteiger partial charge is 0.296 e. The number of amides is 1. The summed E-state index contributed by atoms with van der Waals surface area (Å²) in [4.78, 5) is 20.6. The van der Waals surface area contributed by atoms with Crippen LogP contribution in [0.15, 0.2) is 24.3 Å². The third kappa shape index (κ3) is 3.56. The number of carbonyl (C=O) groups is 1. The fourth-order valence-electron chi connectivity index (χ4n) is 1.16. The lowest BCUT2D eigenvalue weighted by Crippen LogP contribution is -2.21. The number of nitrogens with one attached hydrogen (secondary N) is 1. The van der Waals surface area contributed by atoms with E-state index >= 15 is 0 Å².